The lowest BCUT2D eigenvalue weighted by atomic mass is 9.90. The normalized spacial score (nSPS) is 15.5. The van der Waals surface area contributed by atoms with Crippen LogP contribution in [0, 0.1) is 11.7 Å². The molecule has 19 heavy (non-hydrogen) atoms. The highest BCUT2D eigenvalue weighted by Gasteiger charge is 2.33. The topological polar surface area (TPSA) is 72.2 Å². The van der Waals surface area contributed by atoms with E-state index in [0.29, 0.717) is 0 Å². The molecule has 0 bridgehead atoms. The van der Waals surface area contributed by atoms with E-state index in [-0.39, 0.29) is 17.5 Å². The van der Waals surface area contributed by atoms with E-state index in [0.717, 1.165) is 12.1 Å². The molecule has 1 unspecified atom stereocenters. The summed E-state index contributed by atoms with van der Waals surface area (Å²) in [5, 5.41) is 0.141. The number of hydrogen-bond acceptors (Lipinski definition) is 3. The smallest absolute Gasteiger partial charge is 0.244 e. The Morgan fingerprint density at radius 3 is 2.47 bits per heavy atom. The monoisotopic (exact) mass is 308 g/mol. The fourth-order valence-corrected chi connectivity index (χ4v) is 3.21. The second kappa shape index (κ2) is 5.75. The number of nitrogens with two attached hydrogens (primary N) is 1. The van der Waals surface area contributed by atoms with Crippen molar-refractivity contribution in [3.63, 3.8) is 0 Å². The average Bonchev–Trinajstić information content (AvgIpc) is 2.27. The van der Waals surface area contributed by atoms with Gasteiger partial charge in [0, 0.05) is 17.1 Å². The molecular weight excluding hydrogens is 291 g/mol. The minimum Gasteiger partial charge on any atom is -0.329 e. The summed E-state index contributed by atoms with van der Waals surface area (Å²) in [4.78, 5) is -0.433. The largest absolute Gasteiger partial charge is 0.329 e. The number of hydrogen-bond donors (Lipinski definition) is 2. The molecule has 0 heterocycles. The molecule has 108 valence electrons. The van der Waals surface area contributed by atoms with E-state index in [4.69, 9.17) is 17.3 Å². The van der Waals surface area contributed by atoms with Gasteiger partial charge in [0.1, 0.15) is 10.7 Å². The Morgan fingerprint density at radius 1 is 1.47 bits per heavy atom. The van der Waals surface area contributed by atoms with Gasteiger partial charge in [-0.3, -0.25) is 0 Å². The van der Waals surface area contributed by atoms with Crippen LogP contribution in [0.4, 0.5) is 4.39 Å². The highest BCUT2D eigenvalue weighted by Crippen LogP contribution is 2.23. The van der Waals surface area contributed by atoms with Crippen LogP contribution >= 0.6 is 11.6 Å². The molecule has 0 aromatic heterocycles. The van der Waals surface area contributed by atoms with E-state index in [2.05, 4.69) is 4.72 Å². The zero-order valence-corrected chi connectivity index (χ0v) is 12.6. The van der Waals surface area contributed by atoms with E-state index in [9.17, 15) is 12.8 Å². The molecule has 3 N–H and O–H groups in total. The third-order valence-corrected chi connectivity index (χ3v) is 5.13. The zero-order chi connectivity index (χ0) is 14.8. The van der Waals surface area contributed by atoms with Crippen molar-refractivity contribution in [1.82, 2.24) is 4.72 Å². The second-order valence-electron chi connectivity index (χ2n) is 4.96. The Morgan fingerprint density at radius 2 is 2.05 bits per heavy atom. The maximum absolute atomic E-state index is 13.7. The molecule has 1 atom stereocenters. The summed E-state index contributed by atoms with van der Waals surface area (Å²) in [6.07, 6.45) is 0. The van der Waals surface area contributed by atoms with Crippen molar-refractivity contribution in [1.29, 1.82) is 0 Å². The second-order valence-corrected chi connectivity index (χ2v) is 7.04. The maximum Gasteiger partial charge on any atom is 0.244 e. The molecule has 0 amide bonds. The first kappa shape index (κ1) is 16.4. The van der Waals surface area contributed by atoms with Crippen molar-refractivity contribution in [2.24, 2.45) is 11.7 Å². The van der Waals surface area contributed by atoms with E-state index in [1.165, 1.54) is 6.07 Å². The SMILES string of the molecule is CC(C)C(C)(CN)NS(=O)(=O)c1ccc(Cl)cc1F. The van der Waals surface area contributed by atoms with Gasteiger partial charge in [0.05, 0.1) is 0 Å². The molecular formula is C12H18ClFN2O2S. The van der Waals surface area contributed by atoms with Crippen molar-refractivity contribution in [2.75, 3.05) is 6.54 Å². The summed E-state index contributed by atoms with van der Waals surface area (Å²) < 4.78 is 40.5. The van der Waals surface area contributed by atoms with Gasteiger partial charge in [-0.1, -0.05) is 25.4 Å². The van der Waals surface area contributed by atoms with Crippen LogP contribution in [0.3, 0.4) is 0 Å². The Labute approximate surface area is 118 Å². The Kier molecular flexibility index (Phi) is 4.95. The molecule has 7 heteroatoms. The molecule has 1 rings (SSSR count). The van der Waals surface area contributed by atoms with Crippen LogP contribution in [0.15, 0.2) is 23.1 Å². The molecule has 0 fully saturated rings. The van der Waals surface area contributed by atoms with Crippen molar-refractivity contribution in [3.8, 4) is 0 Å². The van der Waals surface area contributed by atoms with Gasteiger partial charge in [-0.2, -0.15) is 0 Å². The lowest BCUT2D eigenvalue weighted by Gasteiger charge is -2.33. The molecule has 0 aliphatic rings. The summed E-state index contributed by atoms with van der Waals surface area (Å²) in [6.45, 7) is 5.48. The fraction of sp³-hybridized carbons (Fsp3) is 0.500. The molecule has 1 aromatic rings. The lowest BCUT2D eigenvalue weighted by molar-refractivity contribution is 0.314. The van der Waals surface area contributed by atoms with Crippen LogP contribution in [0.1, 0.15) is 20.8 Å². The predicted octanol–water partition coefficient (Wildman–Crippen LogP) is 2.13. The standard InChI is InChI=1S/C12H18ClFN2O2S/c1-8(2)12(3,7-15)16-19(17,18)11-5-4-9(13)6-10(11)14/h4-6,8,16H,7,15H2,1-3H3. The molecule has 0 spiro atoms. The van der Waals surface area contributed by atoms with Crippen LogP contribution in [-0.4, -0.2) is 20.5 Å². The zero-order valence-electron chi connectivity index (χ0n) is 11.1. The summed E-state index contributed by atoms with van der Waals surface area (Å²) in [7, 11) is -3.99. The van der Waals surface area contributed by atoms with Crippen LogP contribution in [-0.2, 0) is 10.0 Å². The highest BCUT2D eigenvalue weighted by molar-refractivity contribution is 7.89. The minimum absolute atomic E-state index is 0.0392. The van der Waals surface area contributed by atoms with Crippen molar-refractivity contribution in [3.05, 3.63) is 29.0 Å². The Bertz CT molecular complexity index is 563. The van der Waals surface area contributed by atoms with Gasteiger partial charge in [0.25, 0.3) is 0 Å². The molecule has 0 saturated heterocycles. The third-order valence-electron chi connectivity index (χ3n) is 3.25. The number of nitrogens with one attached hydrogen (secondary N) is 1. The van der Waals surface area contributed by atoms with Crippen molar-refractivity contribution in [2.45, 2.75) is 31.2 Å². The van der Waals surface area contributed by atoms with Gasteiger partial charge >= 0.3 is 0 Å². The van der Waals surface area contributed by atoms with E-state index in [1.807, 2.05) is 13.8 Å². The molecule has 0 radical (unpaired) electrons. The van der Waals surface area contributed by atoms with Gasteiger partial charge in [0.15, 0.2) is 0 Å². The third kappa shape index (κ3) is 3.66. The minimum atomic E-state index is -3.99. The summed E-state index contributed by atoms with van der Waals surface area (Å²) >= 11 is 5.60. The van der Waals surface area contributed by atoms with Gasteiger partial charge in [0.2, 0.25) is 10.0 Å². The first-order valence-corrected chi connectivity index (χ1v) is 7.67. The lowest BCUT2D eigenvalue weighted by Crippen LogP contribution is -2.54. The van der Waals surface area contributed by atoms with Gasteiger partial charge < -0.3 is 5.73 Å². The Hall–Kier alpha value is -0.690. The Balaban J connectivity index is 3.18. The van der Waals surface area contributed by atoms with Crippen molar-refractivity contribution < 1.29 is 12.8 Å². The van der Waals surface area contributed by atoms with Gasteiger partial charge in [-0.05, 0) is 31.0 Å². The van der Waals surface area contributed by atoms with Gasteiger partial charge in [-0.25, -0.2) is 17.5 Å². The molecule has 0 saturated carbocycles. The molecule has 4 nitrogen and oxygen atoms in total. The number of sulfonamides is 1. The predicted molar refractivity (Wildman–Crippen MR) is 74.0 cm³/mol. The number of rotatable bonds is 5. The fourth-order valence-electron chi connectivity index (χ4n) is 1.45. The van der Waals surface area contributed by atoms with E-state index in [1.54, 1.807) is 6.92 Å². The van der Waals surface area contributed by atoms with E-state index >= 15 is 0 Å². The summed E-state index contributed by atoms with van der Waals surface area (Å²) in [5.74, 6) is -0.925. The van der Waals surface area contributed by atoms with Crippen molar-refractivity contribution >= 4 is 21.6 Å². The molecule has 0 aliphatic carbocycles. The quantitative estimate of drug-likeness (QED) is 0.875. The first-order chi connectivity index (χ1) is 8.62. The van der Waals surface area contributed by atoms with Crippen LogP contribution in [0.2, 0.25) is 5.02 Å². The van der Waals surface area contributed by atoms with Crippen LogP contribution in [0.25, 0.3) is 0 Å². The van der Waals surface area contributed by atoms with Gasteiger partial charge in [-0.15, -0.1) is 0 Å². The first-order valence-electron chi connectivity index (χ1n) is 5.81. The summed E-state index contributed by atoms with van der Waals surface area (Å²) in [5.41, 5.74) is 4.77. The number of halogens is 2. The number of benzene rings is 1. The maximum atomic E-state index is 13.7. The van der Waals surface area contributed by atoms with Crippen LogP contribution < -0.4 is 10.5 Å². The van der Waals surface area contributed by atoms with E-state index < -0.39 is 26.3 Å². The summed E-state index contributed by atoms with van der Waals surface area (Å²) in [6, 6.07) is 3.43. The molecule has 0 aliphatic heterocycles. The molecule has 1 aromatic carbocycles. The highest BCUT2D eigenvalue weighted by atomic mass is 35.5. The van der Waals surface area contributed by atoms with Crippen LogP contribution in [0.5, 0.6) is 0 Å². The average molecular weight is 309 g/mol.